The van der Waals surface area contributed by atoms with E-state index in [1.54, 1.807) is 18.2 Å². The molecule has 0 unspecified atom stereocenters. The average Bonchev–Trinajstić information content (AvgIpc) is 2.81. The number of amides is 1. The molecule has 21 heavy (non-hydrogen) atoms. The van der Waals surface area contributed by atoms with Crippen LogP contribution in [0.15, 0.2) is 18.2 Å². The third kappa shape index (κ3) is 3.53. The van der Waals surface area contributed by atoms with Crippen molar-refractivity contribution in [3.63, 3.8) is 0 Å². The third-order valence-corrected chi connectivity index (χ3v) is 3.33. The lowest BCUT2D eigenvalue weighted by Crippen LogP contribution is -2.30. The number of carbonyl (C=O) groups excluding carboxylic acids is 1. The predicted octanol–water partition coefficient (Wildman–Crippen LogP) is 2.56. The van der Waals surface area contributed by atoms with Gasteiger partial charge in [0.05, 0.1) is 28.5 Å². The Morgan fingerprint density at radius 1 is 1.52 bits per heavy atom. The molecule has 2 rings (SSSR count). The van der Waals surface area contributed by atoms with Gasteiger partial charge in [0.15, 0.2) is 0 Å². The van der Waals surface area contributed by atoms with E-state index in [0.29, 0.717) is 24.4 Å². The number of nitrogens with one attached hydrogen (secondary N) is 1. The number of benzene rings is 1. The third-order valence-electron chi connectivity index (χ3n) is 3.09. The fourth-order valence-corrected chi connectivity index (χ4v) is 2.41. The number of nitriles is 1. The number of nitrogens with zero attached hydrogens (tertiary/aromatic N) is 3. The van der Waals surface area contributed by atoms with Crippen molar-refractivity contribution in [1.82, 2.24) is 14.9 Å². The molecule has 2 aromatic rings. The molecule has 0 atom stereocenters. The summed E-state index contributed by atoms with van der Waals surface area (Å²) in [5.74, 6) is 0.963. The first-order valence-corrected chi connectivity index (χ1v) is 7.33. The van der Waals surface area contributed by atoms with Gasteiger partial charge in [-0.25, -0.2) is 4.98 Å². The van der Waals surface area contributed by atoms with Crippen LogP contribution < -0.4 is 5.32 Å². The zero-order chi connectivity index (χ0) is 15.4. The van der Waals surface area contributed by atoms with Gasteiger partial charge in [-0.3, -0.25) is 4.79 Å². The molecule has 1 amide bonds. The summed E-state index contributed by atoms with van der Waals surface area (Å²) in [4.78, 5) is 16.2. The lowest BCUT2D eigenvalue weighted by molar-refractivity contribution is -0.121. The number of aromatic nitrogens is 2. The zero-order valence-corrected chi connectivity index (χ0v) is 12.8. The van der Waals surface area contributed by atoms with E-state index in [2.05, 4.69) is 16.4 Å². The molecular weight excluding hydrogens is 288 g/mol. The van der Waals surface area contributed by atoms with Crippen molar-refractivity contribution in [2.45, 2.75) is 38.7 Å². The largest absolute Gasteiger partial charge is 0.354 e. The number of aryl methyl sites for hydroxylation is 1. The Morgan fingerprint density at radius 3 is 2.90 bits per heavy atom. The van der Waals surface area contributed by atoms with Crippen LogP contribution in [-0.4, -0.2) is 21.5 Å². The summed E-state index contributed by atoms with van der Waals surface area (Å²) in [6, 6.07) is 7.53. The first-order chi connectivity index (χ1) is 10.0. The highest BCUT2D eigenvalue weighted by atomic mass is 35.5. The van der Waals surface area contributed by atoms with E-state index in [4.69, 9.17) is 16.9 Å². The van der Waals surface area contributed by atoms with Gasteiger partial charge in [0, 0.05) is 19.0 Å². The minimum absolute atomic E-state index is 0.0104. The second-order valence-electron chi connectivity index (χ2n) is 5.10. The van der Waals surface area contributed by atoms with Gasteiger partial charge < -0.3 is 9.88 Å². The van der Waals surface area contributed by atoms with Crippen LogP contribution in [0.1, 0.15) is 31.7 Å². The summed E-state index contributed by atoms with van der Waals surface area (Å²) in [5.41, 5.74) is 2.19. The maximum Gasteiger partial charge on any atom is 0.221 e. The Bertz CT molecular complexity index is 699. The summed E-state index contributed by atoms with van der Waals surface area (Å²) < 4.78 is 1.91. The predicted molar refractivity (Wildman–Crippen MR) is 81.9 cm³/mol. The molecule has 0 saturated heterocycles. The highest BCUT2D eigenvalue weighted by Gasteiger charge is 2.12. The molecule has 0 radical (unpaired) electrons. The molecule has 110 valence electrons. The zero-order valence-electron chi connectivity index (χ0n) is 12.1. The van der Waals surface area contributed by atoms with Crippen LogP contribution in [0.2, 0.25) is 0 Å². The van der Waals surface area contributed by atoms with Crippen LogP contribution in [0.4, 0.5) is 0 Å². The average molecular weight is 305 g/mol. The number of rotatable bonds is 5. The van der Waals surface area contributed by atoms with Crippen molar-refractivity contribution < 1.29 is 4.79 Å². The minimum atomic E-state index is -0.0104. The summed E-state index contributed by atoms with van der Waals surface area (Å²) in [7, 11) is 0. The van der Waals surface area contributed by atoms with Gasteiger partial charge in [-0.15, -0.1) is 11.6 Å². The molecule has 0 fully saturated rings. The molecule has 0 spiro atoms. The van der Waals surface area contributed by atoms with Gasteiger partial charge >= 0.3 is 0 Å². The van der Waals surface area contributed by atoms with Gasteiger partial charge in [-0.2, -0.15) is 5.26 Å². The SMILES string of the molecule is CC(C)NC(=O)CCn1c(CCl)nc2ccc(C#N)cc21. The summed E-state index contributed by atoms with van der Waals surface area (Å²) in [5, 5.41) is 11.9. The maximum absolute atomic E-state index is 11.8. The first-order valence-electron chi connectivity index (χ1n) is 6.79. The van der Waals surface area contributed by atoms with E-state index in [1.807, 2.05) is 18.4 Å². The number of fused-ring (bicyclic) bond motifs is 1. The van der Waals surface area contributed by atoms with E-state index in [-0.39, 0.29) is 17.8 Å². The molecule has 0 bridgehead atoms. The molecular formula is C15H17ClN4O. The highest BCUT2D eigenvalue weighted by Crippen LogP contribution is 2.19. The summed E-state index contributed by atoms with van der Waals surface area (Å²) in [6.07, 6.45) is 0.351. The Morgan fingerprint density at radius 2 is 2.29 bits per heavy atom. The van der Waals surface area contributed by atoms with E-state index in [0.717, 1.165) is 11.0 Å². The lowest BCUT2D eigenvalue weighted by Gasteiger charge is -2.10. The number of alkyl halides is 1. The number of hydrogen-bond acceptors (Lipinski definition) is 3. The van der Waals surface area contributed by atoms with Gasteiger partial charge in [0.2, 0.25) is 5.91 Å². The molecule has 6 heteroatoms. The van der Waals surface area contributed by atoms with Crippen LogP contribution in [0, 0.1) is 11.3 Å². The molecule has 0 saturated carbocycles. The molecule has 1 aromatic carbocycles. The normalized spacial score (nSPS) is 10.8. The van der Waals surface area contributed by atoms with Crippen LogP contribution in [0.5, 0.6) is 0 Å². The van der Waals surface area contributed by atoms with Crippen LogP contribution in [0.25, 0.3) is 11.0 Å². The minimum Gasteiger partial charge on any atom is -0.354 e. The fraction of sp³-hybridized carbons (Fsp3) is 0.400. The molecule has 1 N–H and O–H groups in total. The number of halogens is 1. The Balaban J connectivity index is 2.28. The van der Waals surface area contributed by atoms with Crippen molar-refractivity contribution >= 4 is 28.5 Å². The van der Waals surface area contributed by atoms with Gasteiger partial charge in [0.1, 0.15) is 5.82 Å². The molecule has 0 aliphatic rings. The monoisotopic (exact) mass is 304 g/mol. The van der Waals surface area contributed by atoms with Crippen molar-refractivity contribution in [2.24, 2.45) is 0 Å². The Kier molecular flexibility index (Phi) is 4.81. The quantitative estimate of drug-likeness (QED) is 0.863. The topological polar surface area (TPSA) is 70.7 Å². The number of carbonyl (C=O) groups is 1. The standard InChI is InChI=1S/C15H17ClN4O/c1-10(2)18-15(21)5-6-20-13-7-11(9-17)3-4-12(13)19-14(20)8-16/h3-4,7,10H,5-6,8H2,1-2H3,(H,18,21). The van der Waals surface area contributed by atoms with E-state index >= 15 is 0 Å². The van der Waals surface area contributed by atoms with Crippen molar-refractivity contribution in [1.29, 1.82) is 5.26 Å². The van der Waals surface area contributed by atoms with Crippen molar-refractivity contribution in [3.8, 4) is 6.07 Å². The molecule has 0 aliphatic heterocycles. The number of hydrogen-bond donors (Lipinski definition) is 1. The molecule has 5 nitrogen and oxygen atoms in total. The van der Waals surface area contributed by atoms with E-state index in [1.165, 1.54) is 0 Å². The van der Waals surface area contributed by atoms with E-state index < -0.39 is 0 Å². The highest BCUT2D eigenvalue weighted by molar-refractivity contribution is 6.16. The van der Waals surface area contributed by atoms with Crippen LogP contribution >= 0.6 is 11.6 Å². The van der Waals surface area contributed by atoms with Gasteiger partial charge in [-0.1, -0.05) is 0 Å². The fourth-order valence-electron chi connectivity index (χ4n) is 2.20. The molecule has 1 heterocycles. The van der Waals surface area contributed by atoms with Gasteiger partial charge in [0.25, 0.3) is 0 Å². The maximum atomic E-state index is 11.8. The lowest BCUT2D eigenvalue weighted by atomic mass is 10.2. The Labute approximate surface area is 128 Å². The Hall–Kier alpha value is -2.06. The first kappa shape index (κ1) is 15.3. The van der Waals surface area contributed by atoms with E-state index in [9.17, 15) is 4.79 Å². The second kappa shape index (κ2) is 6.59. The number of imidazole rings is 1. The van der Waals surface area contributed by atoms with Crippen LogP contribution in [0.3, 0.4) is 0 Å². The summed E-state index contributed by atoms with van der Waals surface area (Å²) in [6.45, 7) is 4.34. The molecule has 1 aromatic heterocycles. The smallest absolute Gasteiger partial charge is 0.221 e. The molecule has 0 aliphatic carbocycles. The summed E-state index contributed by atoms with van der Waals surface area (Å²) >= 11 is 5.93. The van der Waals surface area contributed by atoms with Gasteiger partial charge in [-0.05, 0) is 32.0 Å². The van der Waals surface area contributed by atoms with Crippen molar-refractivity contribution in [2.75, 3.05) is 0 Å². The van der Waals surface area contributed by atoms with Crippen molar-refractivity contribution in [3.05, 3.63) is 29.6 Å². The second-order valence-corrected chi connectivity index (χ2v) is 5.37. The van der Waals surface area contributed by atoms with Crippen LogP contribution in [-0.2, 0) is 17.2 Å².